The minimum atomic E-state index is -0.582. The molecular formula is C19H27NO3. The first-order valence-electron chi connectivity index (χ1n) is 8.15. The molecular weight excluding hydrogens is 290 g/mol. The highest BCUT2D eigenvalue weighted by Gasteiger charge is 2.18. The molecule has 1 aliphatic carbocycles. The molecule has 1 atom stereocenters. The van der Waals surface area contributed by atoms with Crippen LogP contribution in [0.4, 0.5) is 0 Å². The molecule has 1 aliphatic rings. The zero-order valence-electron chi connectivity index (χ0n) is 14.5. The van der Waals surface area contributed by atoms with Gasteiger partial charge in [0.25, 0.3) is 0 Å². The number of rotatable bonds is 6. The van der Waals surface area contributed by atoms with Crippen molar-refractivity contribution < 1.29 is 14.6 Å². The van der Waals surface area contributed by atoms with Gasteiger partial charge in [-0.1, -0.05) is 12.1 Å². The van der Waals surface area contributed by atoms with E-state index in [0.29, 0.717) is 13.0 Å². The van der Waals surface area contributed by atoms with E-state index < -0.39 is 6.10 Å². The van der Waals surface area contributed by atoms with Gasteiger partial charge in [-0.05, 0) is 57.4 Å². The van der Waals surface area contributed by atoms with Crippen molar-refractivity contribution in [2.75, 3.05) is 13.2 Å². The lowest BCUT2D eigenvalue weighted by Gasteiger charge is -2.23. The second-order valence-corrected chi connectivity index (χ2v) is 7.23. The summed E-state index contributed by atoms with van der Waals surface area (Å²) in [6.07, 6.45) is 2.45. The van der Waals surface area contributed by atoms with Crippen LogP contribution in [0.25, 0.3) is 5.57 Å². The summed E-state index contributed by atoms with van der Waals surface area (Å²) in [5.74, 6) is 0.904. The van der Waals surface area contributed by atoms with Crippen LogP contribution < -0.4 is 10.1 Å². The molecule has 0 aromatic heterocycles. The number of aryl methyl sites for hydroxylation is 1. The van der Waals surface area contributed by atoms with Gasteiger partial charge in [0.15, 0.2) is 5.78 Å². The summed E-state index contributed by atoms with van der Waals surface area (Å²) in [5.41, 5.74) is 3.03. The highest BCUT2D eigenvalue weighted by atomic mass is 16.5. The molecule has 2 rings (SSSR count). The van der Waals surface area contributed by atoms with E-state index in [0.717, 1.165) is 28.9 Å². The highest BCUT2D eigenvalue weighted by Crippen LogP contribution is 2.33. The number of aliphatic hydroxyl groups excluding tert-OH is 1. The van der Waals surface area contributed by atoms with E-state index in [1.165, 1.54) is 0 Å². The predicted molar refractivity (Wildman–Crippen MR) is 92.7 cm³/mol. The highest BCUT2D eigenvalue weighted by molar-refractivity contribution is 6.02. The molecule has 0 fully saturated rings. The van der Waals surface area contributed by atoms with Crippen molar-refractivity contribution in [3.8, 4) is 5.75 Å². The number of benzene rings is 1. The van der Waals surface area contributed by atoms with Gasteiger partial charge >= 0.3 is 0 Å². The van der Waals surface area contributed by atoms with Crippen LogP contribution in [0, 0.1) is 6.92 Å². The second-order valence-electron chi connectivity index (χ2n) is 7.23. The monoisotopic (exact) mass is 317 g/mol. The van der Waals surface area contributed by atoms with Crippen LogP contribution in [0.5, 0.6) is 5.75 Å². The third kappa shape index (κ3) is 5.48. The molecule has 1 aromatic rings. The first-order valence-corrected chi connectivity index (χ1v) is 8.15. The van der Waals surface area contributed by atoms with Crippen molar-refractivity contribution in [2.45, 2.75) is 52.2 Å². The lowest BCUT2D eigenvalue weighted by molar-refractivity contribution is -0.114. The zero-order chi connectivity index (χ0) is 17.0. The molecule has 0 radical (unpaired) electrons. The number of carbonyl (C=O) groups excluding carboxylic acids is 1. The van der Waals surface area contributed by atoms with Gasteiger partial charge in [0.1, 0.15) is 18.5 Å². The third-order valence-corrected chi connectivity index (χ3v) is 3.76. The molecule has 2 N–H and O–H groups in total. The predicted octanol–water partition coefficient (Wildman–Crippen LogP) is 2.87. The van der Waals surface area contributed by atoms with E-state index in [2.05, 4.69) is 26.1 Å². The number of aliphatic hydroxyl groups is 1. The largest absolute Gasteiger partial charge is 0.490 e. The molecule has 0 amide bonds. The van der Waals surface area contributed by atoms with E-state index in [4.69, 9.17) is 4.74 Å². The Balaban J connectivity index is 2.03. The molecule has 0 heterocycles. The lowest BCUT2D eigenvalue weighted by atomic mass is 10.0. The summed E-state index contributed by atoms with van der Waals surface area (Å²) >= 11 is 0. The Kier molecular flexibility index (Phi) is 5.60. The Hall–Kier alpha value is -1.65. The number of β-amino-alcohol motifs (C(OH)–C–C–N with tert-alkyl or cyclic N) is 1. The normalized spacial score (nSPS) is 16.4. The van der Waals surface area contributed by atoms with Crippen LogP contribution in [0.15, 0.2) is 24.3 Å². The van der Waals surface area contributed by atoms with Gasteiger partial charge in [0.05, 0.1) is 0 Å². The van der Waals surface area contributed by atoms with E-state index in [-0.39, 0.29) is 17.9 Å². The summed E-state index contributed by atoms with van der Waals surface area (Å²) in [6.45, 7) is 8.88. The third-order valence-electron chi connectivity index (χ3n) is 3.76. The molecule has 0 spiro atoms. The van der Waals surface area contributed by atoms with Crippen LogP contribution in [0.3, 0.4) is 0 Å². The van der Waals surface area contributed by atoms with Crippen LogP contribution in [0.2, 0.25) is 0 Å². The molecule has 0 saturated heterocycles. The summed E-state index contributed by atoms with van der Waals surface area (Å²) in [7, 11) is 0. The van der Waals surface area contributed by atoms with Crippen LogP contribution in [-0.4, -0.2) is 35.7 Å². The standard InChI is InChI=1S/C19H27NO3/c1-13-5-8-17(14-6-7-15(21)10-14)18(9-13)23-12-16(22)11-20-19(2,3)4/h5,8-10,16,20,22H,6-7,11-12H2,1-4H3. The first kappa shape index (κ1) is 17.7. The second kappa shape index (κ2) is 7.28. The van der Waals surface area contributed by atoms with Crippen molar-refractivity contribution in [1.82, 2.24) is 5.32 Å². The molecule has 1 unspecified atom stereocenters. The van der Waals surface area contributed by atoms with Gasteiger partial charge in [-0.25, -0.2) is 0 Å². The van der Waals surface area contributed by atoms with Crippen molar-refractivity contribution in [2.24, 2.45) is 0 Å². The molecule has 126 valence electrons. The van der Waals surface area contributed by atoms with Crippen molar-refractivity contribution in [3.05, 3.63) is 35.4 Å². The van der Waals surface area contributed by atoms with E-state index in [9.17, 15) is 9.90 Å². The molecule has 0 saturated carbocycles. The smallest absolute Gasteiger partial charge is 0.156 e. The van der Waals surface area contributed by atoms with Gasteiger partial charge in [0, 0.05) is 24.1 Å². The number of allylic oxidation sites excluding steroid dienone is 2. The maximum absolute atomic E-state index is 11.5. The minimum Gasteiger partial charge on any atom is -0.490 e. The minimum absolute atomic E-state index is 0.0372. The van der Waals surface area contributed by atoms with E-state index >= 15 is 0 Å². The molecule has 0 bridgehead atoms. The molecule has 0 aliphatic heterocycles. The summed E-state index contributed by atoms with van der Waals surface area (Å²) in [4.78, 5) is 11.5. The fourth-order valence-corrected chi connectivity index (χ4v) is 2.49. The van der Waals surface area contributed by atoms with Crippen LogP contribution >= 0.6 is 0 Å². The molecule has 4 nitrogen and oxygen atoms in total. The van der Waals surface area contributed by atoms with Gasteiger partial charge in [-0.15, -0.1) is 0 Å². The first-order chi connectivity index (χ1) is 10.7. The number of nitrogens with one attached hydrogen (secondary N) is 1. The van der Waals surface area contributed by atoms with E-state index in [1.54, 1.807) is 6.08 Å². The fourth-order valence-electron chi connectivity index (χ4n) is 2.49. The fraction of sp³-hybridized carbons (Fsp3) is 0.526. The Labute approximate surface area is 138 Å². The number of ether oxygens (including phenoxy) is 1. The Morgan fingerprint density at radius 2 is 2.04 bits per heavy atom. The SMILES string of the molecule is Cc1ccc(C2=CC(=O)CC2)c(OCC(O)CNC(C)(C)C)c1. The number of hydrogen-bond donors (Lipinski definition) is 2. The number of carbonyl (C=O) groups is 1. The Morgan fingerprint density at radius 3 is 2.65 bits per heavy atom. The average molecular weight is 317 g/mol. The van der Waals surface area contributed by atoms with E-state index in [1.807, 2.05) is 25.1 Å². The quantitative estimate of drug-likeness (QED) is 0.847. The van der Waals surface area contributed by atoms with Gasteiger partial charge < -0.3 is 15.2 Å². The molecule has 4 heteroatoms. The van der Waals surface area contributed by atoms with Crippen LogP contribution in [0.1, 0.15) is 44.7 Å². The van der Waals surface area contributed by atoms with Crippen molar-refractivity contribution in [1.29, 1.82) is 0 Å². The van der Waals surface area contributed by atoms with Gasteiger partial charge in [-0.3, -0.25) is 4.79 Å². The van der Waals surface area contributed by atoms with Crippen molar-refractivity contribution in [3.63, 3.8) is 0 Å². The summed E-state index contributed by atoms with van der Waals surface area (Å²) in [6, 6.07) is 5.97. The Morgan fingerprint density at radius 1 is 1.30 bits per heavy atom. The molecule has 1 aromatic carbocycles. The number of ketones is 1. The summed E-state index contributed by atoms with van der Waals surface area (Å²) in [5, 5.41) is 13.3. The van der Waals surface area contributed by atoms with Gasteiger partial charge in [-0.2, -0.15) is 0 Å². The number of hydrogen-bond acceptors (Lipinski definition) is 4. The summed E-state index contributed by atoms with van der Waals surface area (Å²) < 4.78 is 5.85. The van der Waals surface area contributed by atoms with Crippen molar-refractivity contribution >= 4 is 11.4 Å². The van der Waals surface area contributed by atoms with Gasteiger partial charge in [0.2, 0.25) is 0 Å². The maximum atomic E-state index is 11.5. The Bertz CT molecular complexity index is 599. The topological polar surface area (TPSA) is 58.6 Å². The maximum Gasteiger partial charge on any atom is 0.156 e. The van der Waals surface area contributed by atoms with Crippen LogP contribution in [-0.2, 0) is 4.79 Å². The average Bonchev–Trinajstić information content (AvgIpc) is 2.88. The molecule has 23 heavy (non-hydrogen) atoms. The zero-order valence-corrected chi connectivity index (χ0v) is 14.5. The lowest BCUT2D eigenvalue weighted by Crippen LogP contribution is -2.42.